The van der Waals surface area contributed by atoms with Gasteiger partial charge < -0.3 is 15.1 Å². The Kier molecular flexibility index (Phi) is 8.94. The molecule has 0 aromatic heterocycles. The van der Waals surface area contributed by atoms with Crippen molar-refractivity contribution in [2.45, 2.75) is 31.7 Å². The lowest BCUT2D eigenvalue weighted by atomic mass is 9.98. The first kappa shape index (κ1) is 31.4. The van der Waals surface area contributed by atoms with Crippen LogP contribution in [0.25, 0.3) is 10.8 Å². The van der Waals surface area contributed by atoms with Crippen LogP contribution in [0.4, 0.5) is 14.9 Å². The summed E-state index contributed by atoms with van der Waals surface area (Å²) in [6, 6.07) is 24.2. The van der Waals surface area contributed by atoms with Gasteiger partial charge in [-0.3, -0.25) is 24.7 Å². The summed E-state index contributed by atoms with van der Waals surface area (Å²) < 4.78 is 13.4. The normalized spacial score (nSPS) is 17.9. The number of hydrazine groups is 1. The molecule has 0 spiro atoms. The number of rotatable bonds is 10. The number of benzene rings is 4. The molecule has 0 radical (unpaired) electrons. The number of hydrogen-bond acceptors (Lipinski definition) is 6. The number of urea groups is 1. The van der Waals surface area contributed by atoms with Crippen molar-refractivity contribution >= 4 is 34.3 Å². The van der Waals surface area contributed by atoms with E-state index < -0.39 is 23.2 Å². The number of nitrogens with zero attached hydrogens (tertiary/aromatic N) is 5. The van der Waals surface area contributed by atoms with Crippen molar-refractivity contribution in [1.29, 1.82) is 0 Å². The van der Waals surface area contributed by atoms with Crippen molar-refractivity contribution in [3.63, 3.8) is 0 Å². The lowest BCUT2D eigenvalue weighted by molar-refractivity contribution is -0.384. The van der Waals surface area contributed by atoms with Gasteiger partial charge in [-0.15, -0.1) is 6.58 Å². The third kappa shape index (κ3) is 6.54. The van der Waals surface area contributed by atoms with E-state index >= 15 is 0 Å². The van der Waals surface area contributed by atoms with Crippen LogP contribution >= 0.6 is 0 Å². The zero-order valence-electron chi connectivity index (χ0n) is 25.5. The number of halogens is 1. The maximum Gasteiger partial charge on any atom is 0.332 e. The van der Waals surface area contributed by atoms with Gasteiger partial charge in [0, 0.05) is 31.6 Å². The molecule has 2 saturated heterocycles. The zero-order valence-corrected chi connectivity index (χ0v) is 25.5. The minimum Gasteiger partial charge on any atom is -0.333 e. The van der Waals surface area contributed by atoms with Gasteiger partial charge in [0.1, 0.15) is 18.0 Å². The second kappa shape index (κ2) is 13.4. The molecule has 2 aliphatic rings. The first-order chi connectivity index (χ1) is 22.7. The number of fused-ring (bicyclic) bond motifs is 2. The molecule has 4 amide bonds. The monoisotopic (exact) mass is 636 g/mol. The molecule has 47 heavy (non-hydrogen) atoms. The lowest BCUT2D eigenvalue weighted by Crippen LogP contribution is -2.66. The van der Waals surface area contributed by atoms with Gasteiger partial charge in [-0.1, -0.05) is 72.8 Å². The smallest absolute Gasteiger partial charge is 0.332 e. The molecule has 2 aliphatic heterocycles. The Morgan fingerprint density at radius 2 is 1.70 bits per heavy atom. The molecule has 0 aliphatic carbocycles. The molecule has 2 heterocycles. The molecule has 4 aromatic carbocycles. The fraction of sp³-hybridized carbons (Fsp3) is 0.229. The van der Waals surface area contributed by atoms with Crippen molar-refractivity contribution in [3.05, 3.63) is 136 Å². The minimum absolute atomic E-state index is 0.0747. The molecular weight excluding hydrogens is 603 g/mol. The minimum atomic E-state index is -0.907. The quantitative estimate of drug-likeness (QED) is 0.154. The summed E-state index contributed by atoms with van der Waals surface area (Å²) in [5.41, 5.74) is 2.22. The van der Waals surface area contributed by atoms with Gasteiger partial charge in [0.05, 0.1) is 24.6 Å². The summed E-state index contributed by atoms with van der Waals surface area (Å²) in [5.74, 6) is -0.952. The fourth-order valence-corrected chi connectivity index (χ4v) is 6.30. The Morgan fingerprint density at radius 1 is 1.00 bits per heavy atom. The number of nitro benzene ring substituents is 1. The third-order valence-corrected chi connectivity index (χ3v) is 8.59. The highest BCUT2D eigenvalue weighted by atomic mass is 19.1. The number of nitro groups is 1. The van der Waals surface area contributed by atoms with Crippen molar-refractivity contribution in [3.8, 4) is 0 Å². The number of piperazine rings is 1. The summed E-state index contributed by atoms with van der Waals surface area (Å²) in [7, 11) is 0. The van der Waals surface area contributed by atoms with Crippen molar-refractivity contribution in [1.82, 2.24) is 25.1 Å². The first-order valence-corrected chi connectivity index (χ1v) is 15.2. The van der Waals surface area contributed by atoms with Crippen LogP contribution in [-0.2, 0) is 29.1 Å². The van der Waals surface area contributed by atoms with Gasteiger partial charge in [-0.05, 0) is 39.6 Å². The Hall–Kier alpha value is -5.62. The Bertz CT molecular complexity index is 1830. The molecule has 0 unspecified atom stereocenters. The fourth-order valence-electron chi connectivity index (χ4n) is 6.30. The van der Waals surface area contributed by atoms with Gasteiger partial charge in [-0.25, -0.2) is 9.18 Å². The predicted molar refractivity (Wildman–Crippen MR) is 173 cm³/mol. The van der Waals surface area contributed by atoms with Gasteiger partial charge in [-0.2, -0.15) is 5.01 Å². The standard InChI is InChI=1S/C35H33FN6O5/c1-2-18-39(35(45)37-20-25-10-14-28(36)15-11-25)40-23-33(43)41-31(19-24-12-16-29(17-13-24)42(46)47)34(44)38(22-32(40)41)21-27-8-5-7-26-6-3-4-9-30(26)27/h2-17,31-32H,1,18-23H2,(H,37,45)/t31-,32+/m0/s1. The van der Waals surface area contributed by atoms with E-state index in [1.807, 2.05) is 42.5 Å². The molecule has 240 valence electrons. The Balaban J connectivity index is 1.31. The second-order valence-corrected chi connectivity index (χ2v) is 11.5. The Labute approximate surface area is 270 Å². The molecule has 12 heteroatoms. The molecule has 6 rings (SSSR count). The number of carbonyl (C=O) groups excluding carboxylic acids is 3. The van der Waals surface area contributed by atoms with Crippen LogP contribution in [0.1, 0.15) is 16.7 Å². The largest absolute Gasteiger partial charge is 0.333 e. The number of non-ortho nitro benzene ring substituents is 1. The van der Waals surface area contributed by atoms with Gasteiger partial charge in [0.15, 0.2) is 0 Å². The van der Waals surface area contributed by atoms with E-state index in [0.717, 1.165) is 16.3 Å². The van der Waals surface area contributed by atoms with Crippen LogP contribution in [-0.4, -0.2) is 74.4 Å². The van der Waals surface area contributed by atoms with Crippen LogP contribution in [0.2, 0.25) is 0 Å². The van der Waals surface area contributed by atoms with Crippen LogP contribution in [0, 0.1) is 15.9 Å². The summed E-state index contributed by atoms with van der Waals surface area (Å²) in [6.45, 7) is 4.31. The van der Waals surface area contributed by atoms with Gasteiger partial charge >= 0.3 is 6.03 Å². The molecular formula is C35H33FN6O5. The lowest BCUT2D eigenvalue weighted by Gasteiger charge is -2.46. The van der Waals surface area contributed by atoms with Gasteiger partial charge in [0.2, 0.25) is 11.8 Å². The summed E-state index contributed by atoms with van der Waals surface area (Å²) in [4.78, 5) is 55.5. The first-order valence-electron chi connectivity index (χ1n) is 15.2. The molecule has 1 N–H and O–H groups in total. The van der Waals surface area contributed by atoms with Crippen LogP contribution in [0.3, 0.4) is 0 Å². The Morgan fingerprint density at radius 3 is 2.43 bits per heavy atom. The average molecular weight is 637 g/mol. The van der Waals surface area contributed by atoms with Crippen molar-refractivity contribution in [2.75, 3.05) is 19.6 Å². The highest BCUT2D eigenvalue weighted by Gasteiger charge is 2.52. The van der Waals surface area contributed by atoms with E-state index in [9.17, 15) is 28.9 Å². The van der Waals surface area contributed by atoms with E-state index in [1.165, 1.54) is 34.2 Å². The van der Waals surface area contributed by atoms with E-state index in [0.29, 0.717) is 11.1 Å². The molecule has 4 aromatic rings. The van der Waals surface area contributed by atoms with Gasteiger partial charge in [0.25, 0.3) is 5.69 Å². The number of hydrogen-bond donors (Lipinski definition) is 1. The number of amides is 4. The molecule has 11 nitrogen and oxygen atoms in total. The second-order valence-electron chi connectivity index (χ2n) is 11.5. The third-order valence-electron chi connectivity index (χ3n) is 8.59. The highest BCUT2D eigenvalue weighted by molar-refractivity contribution is 5.92. The van der Waals surface area contributed by atoms with E-state index in [-0.39, 0.29) is 62.5 Å². The van der Waals surface area contributed by atoms with Crippen molar-refractivity contribution < 1.29 is 23.7 Å². The maximum atomic E-state index is 14.2. The molecule has 2 fully saturated rings. The average Bonchev–Trinajstić information content (AvgIpc) is 3.40. The topological polar surface area (TPSA) is 119 Å². The van der Waals surface area contributed by atoms with E-state index in [4.69, 9.17) is 0 Å². The molecule has 0 saturated carbocycles. The highest BCUT2D eigenvalue weighted by Crippen LogP contribution is 2.31. The van der Waals surface area contributed by atoms with Crippen LogP contribution < -0.4 is 5.32 Å². The maximum absolute atomic E-state index is 14.2. The number of carbonyl (C=O) groups is 3. The summed E-state index contributed by atoms with van der Waals surface area (Å²) in [6.07, 6.45) is 1.02. The van der Waals surface area contributed by atoms with Crippen LogP contribution in [0.15, 0.2) is 104 Å². The van der Waals surface area contributed by atoms with Crippen LogP contribution in [0.5, 0.6) is 0 Å². The summed E-state index contributed by atoms with van der Waals surface area (Å²) >= 11 is 0. The SMILES string of the molecule is C=CCN(C(=O)NCc1ccc(F)cc1)N1CC(=O)N2[C@@H](Cc3ccc([N+](=O)[O-])cc3)C(=O)N(Cc3cccc4ccccc34)C[C@@H]21. The zero-order chi connectivity index (χ0) is 33.1. The number of nitrogens with one attached hydrogen (secondary N) is 1. The van der Waals surface area contributed by atoms with E-state index in [2.05, 4.69) is 11.9 Å². The van der Waals surface area contributed by atoms with E-state index in [1.54, 1.807) is 40.3 Å². The summed E-state index contributed by atoms with van der Waals surface area (Å²) in [5, 5.41) is 19.2. The predicted octanol–water partition coefficient (Wildman–Crippen LogP) is 4.62. The van der Waals surface area contributed by atoms with Crippen molar-refractivity contribution in [2.24, 2.45) is 0 Å². The molecule has 0 bridgehead atoms. The molecule has 2 atom stereocenters.